The number of carbonyl (C=O) groups is 3. The number of allylic oxidation sites excluding steroid dienone is 12. The predicted molar refractivity (Wildman–Crippen MR) is 256 cm³/mol. The molecule has 0 radical (unpaired) electrons. The maximum Gasteiger partial charge on any atom is 0.306 e. The number of hydrogen-bond donors (Lipinski definition) is 0. The van der Waals surface area contributed by atoms with Crippen molar-refractivity contribution in [1.82, 2.24) is 0 Å². The molecular weight excluding hydrogens is 745 g/mol. The Balaban J connectivity index is 4.43. The Morgan fingerprint density at radius 1 is 0.367 bits per heavy atom. The quantitative estimate of drug-likeness (QED) is 0.0200. The van der Waals surface area contributed by atoms with Crippen LogP contribution in [0.5, 0.6) is 0 Å². The van der Waals surface area contributed by atoms with Crippen molar-refractivity contribution in [3.05, 3.63) is 72.9 Å². The van der Waals surface area contributed by atoms with Crippen LogP contribution in [0.3, 0.4) is 0 Å². The van der Waals surface area contributed by atoms with Crippen LogP contribution < -0.4 is 0 Å². The van der Waals surface area contributed by atoms with E-state index in [4.69, 9.17) is 14.2 Å². The Morgan fingerprint density at radius 3 is 1.20 bits per heavy atom. The third-order valence-corrected chi connectivity index (χ3v) is 10.5. The molecule has 0 amide bonds. The molecule has 0 aliphatic carbocycles. The SMILES string of the molecule is CC\C=C/C=C\C=C/CCCCCCCC(=O)OCC(COC(=O)CCCCCCCCCCCCCCCCC)OC(=O)CCCCCC/C=C\C/C=C\C/C=C\CC. The highest BCUT2D eigenvalue weighted by molar-refractivity contribution is 5.71. The van der Waals surface area contributed by atoms with Gasteiger partial charge < -0.3 is 14.2 Å². The molecule has 0 aromatic heterocycles. The van der Waals surface area contributed by atoms with Crippen molar-refractivity contribution in [3.63, 3.8) is 0 Å². The fourth-order valence-corrected chi connectivity index (χ4v) is 6.81. The number of ether oxygens (including phenoxy) is 3. The lowest BCUT2D eigenvalue weighted by atomic mass is 10.0. The number of rotatable bonds is 44. The highest BCUT2D eigenvalue weighted by Gasteiger charge is 2.19. The lowest BCUT2D eigenvalue weighted by Crippen LogP contribution is -2.30. The van der Waals surface area contributed by atoms with Crippen molar-refractivity contribution in [1.29, 1.82) is 0 Å². The molecule has 344 valence electrons. The van der Waals surface area contributed by atoms with Crippen molar-refractivity contribution in [2.45, 2.75) is 239 Å². The molecule has 0 fully saturated rings. The van der Waals surface area contributed by atoms with E-state index in [1.165, 1.54) is 77.0 Å². The average Bonchev–Trinajstić information content (AvgIpc) is 3.24. The number of hydrogen-bond acceptors (Lipinski definition) is 6. The Hall–Kier alpha value is -3.15. The second-order valence-corrected chi connectivity index (χ2v) is 16.4. The first-order valence-electron chi connectivity index (χ1n) is 25.0. The maximum absolute atomic E-state index is 12.8. The summed E-state index contributed by atoms with van der Waals surface area (Å²) in [6, 6.07) is 0. The van der Waals surface area contributed by atoms with E-state index in [2.05, 4.69) is 93.7 Å². The molecule has 6 heteroatoms. The second-order valence-electron chi connectivity index (χ2n) is 16.4. The van der Waals surface area contributed by atoms with E-state index in [1.807, 2.05) is 0 Å². The summed E-state index contributed by atoms with van der Waals surface area (Å²) < 4.78 is 16.7. The van der Waals surface area contributed by atoms with Crippen LogP contribution in [0.15, 0.2) is 72.9 Å². The van der Waals surface area contributed by atoms with E-state index < -0.39 is 6.10 Å². The molecule has 1 unspecified atom stereocenters. The van der Waals surface area contributed by atoms with Gasteiger partial charge in [0, 0.05) is 19.3 Å². The van der Waals surface area contributed by atoms with Crippen LogP contribution in [-0.2, 0) is 28.6 Å². The zero-order valence-electron chi connectivity index (χ0n) is 39.2. The third-order valence-electron chi connectivity index (χ3n) is 10.5. The van der Waals surface area contributed by atoms with Crippen LogP contribution in [0.25, 0.3) is 0 Å². The molecule has 0 heterocycles. The maximum atomic E-state index is 12.8. The molecule has 0 rings (SSSR count). The molecule has 1 atom stereocenters. The van der Waals surface area contributed by atoms with E-state index in [1.54, 1.807) is 0 Å². The highest BCUT2D eigenvalue weighted by Crippen LogP contribution is 2.15. The third kappa shape index (κ3) is 45.9. The van der Waals surface area contributed by atoms with Gasteiger partial charge in [0.05, 0.1) is 0 Å². The molecule has 0 aromatic carbocycles. The fourth-order valence-electron chi connectivity index (χ4n) is 6.81. The topological polar surface area (TPSA) is 78.9 Å². The summed E-state index contributed by atoms with van der Waals surface area (Å²) in [5, 5.41) is 0. The Bertz CT molecular complexity index is 1140. The molecule has 0 aromatic rings. The van der Waals surface area contributed by atoms with Gasteiger partial charge in [-0.05, 0) is 70.6 Å². The number of unbranched alkanes of at least 4 members (excludes halogenated alkanes) is 23. The summed E-state index contributed by atoms with van der Waals surface area (Å²) in [4.78, 5) is 37.9. The van der Waals surface area contributed by atoms with E-state index in [9.17, 15) is 14.4 Å². The summed E-state index contributed by atoms with van der Waals surface area (Å²) >= 11 is 0. The van der Waals surface area contributed by atoms with Crippen LogP contribution in [0.2, 0.25) is 0 Å². The van der Waals surface area contributed by atoms with E-state index in [-0.39, 0.29) is 31.1 Å². The van der Waals surface area contributed by atoms with E-state index in [0.717, 1.165) is 116 Å². The molecule has 0 spiro atoms. The molecule has 0 aliphatic heterocycles. The Kier molecular flexibility index (Phi) is 46.0. The molecule has 0 bridgehead atoms. The first kappa shape index (κ1) is 56.9. The summed E-state index contributed by atoms with van der Waals surface area (Å²) in [5.74, 6) is -0.933. The normalized spacial score (nSPS) is 12.7. The van der Waals surface area contributed by atoms with Gasteiger partial charge in [-0.2, -0.15) is 0 Å². The molecule has 0 saturated carbocycles. The monoisotopic (exact) mass is 837 g/mol. The van der Waals surface area contributed by atoms with Gasteiger partial charge in [-0.25, -0.2) is 0 Å². The second kappa shape index (κ2) is 48.5. The average molecular weight is 837 g/mol. The summed E-state index contributed by atoms with van der Waals surface area (Å²) in [7, 11) is 0. The van der Waals surface area contributed by atoms with Crippen molar-refractivity contribution < 1.29 is 28.6 Å². The molecular formula is C54H92O6. The first-order chi connectivity index (χ1) is 29.5. The number of carbonyl (C=O) groups excluding carboxylic acids is 3. The van der Waals surface area contributed by atoms with Gasteiger partial charge in [0.2, 0.25) is 0 Å². The first-order valence-corrected chi connectivity index (χ1v) is 25.0. The Labute approximate surface area is 370 Å². The van der Waals surface area contributed by atoms with Crippen molar-refractivity contribution >= 4 is 17.9 Å². The zero-order chi connectivity index (χ0) is 43.7. The standard InChI is InChI=1S/C54H92O6/c1-4-7-10-13-16-19-22-25-27-30-32-35-38-41-44-47-53(56)59-50-51(49-58-52(55)46-43-40-37-34-31-28-24-21-18-15-12-9-6-3)60-54(57)48-45-42-39-36-33-29-26-23-20-17-14-11-8-5-2/h8-9,11-12,15,17-18,20-21,24,26,29,51H,4-7,10,13-14,16,19,22-23,25,27-28,30-50H2,1-3H3/b11-8-,12-9-,18-15-,20-17-,24-21-,29-26-. The van der Waals surface area contributed by atoms with Gasteiger partial charge in [-0.1, -0.05) is 216 Å². The van der Waals surface area contributed by atoms with Crippen LogP contribution in [0.1, 0.15) is 233 Å². The summed E-state index contributed by atoms with van der Waals surface area (Å²) in [6.45, 7) is 6.36. The highest BCUT2D eigenvalue weighted by atomic mass is 16.6. The zero-order valence-corrected chi connectivity index (χ0v) is 39.2. The van der Waals surface area contributed by atoms with Gasteiger partial charge in [-0.15, -0.1) is 0 Å². The summed E-state index contributed by atoms with van der Waals surface area (Å²) in [6.07, 6.45) is 60.3. The minimum Gasteiger partial charge on any atom is -0.462 e. The van der Waals surface area contributed by atoms with Crippen LogP contribution in [-0.4, -0.2) is 37.2 Å². The lowest BCUT2D eigenvalue weighted by molar-refractivity contribution is -0.167. The number of esters is 3. The molecule has 0 saturated heterocycles. The van der Waals surface area contributed by atoms with Crippen molar-refractivity contribution in [2.75, 3.05) is 13.2 Å². The molecule has 0 N–H and O–H groups in total. The van der Waals surface area contributed by atoms with E-state index in [0.29, 0.717) is 19.3 Å². The predicted octanol–water partition coefficient (Wildman–Crippen LogP) is 16.3. The smallest absolute Gasteiger partial charge is 0.306 e. The van der Waals surface area contributed by atoms with Crippen molar-refractivity contribution in [2.24, 2.45) is 0 Å². The lowest BCUT2D eigenvalue weighted by Gasteiger charge is -2.18. The molecule has 6 nitrogen and oxygen atoms in total. The van der Waals surface area contributed by atoms with Gasteiger partial charge >= 0.3 is 17.9 Å². The van der Waals surface area contributed by atoms with Gasteiger partial charge in [0.15, 0.2) is 6.10 Å². The largest absolute Gasteiger partial charge is 0.462 e. The molecule has 0 aliphatic rings. The minimum atomic E-state index is -0.793. The fraction of sp³-hybridized carbons (Fsp3) is 0.722. The van der Waals surface area contributed by atoms with Gasteiger partial charge in [0.25, 0.3) is 0 Å². The Morgan fingerprint density at radius 2 is 0.733 bits per heavy atom. The van der Waals surface area contributed by atoms with E-state index >= 15 is 0 Å². The van der Waals surface area contributed by atoms with Gasteiger partial charge in [0.1, 0.15) is 13.2 Å². The van der Waals surface area contributed by atoms with Crippen LogP contribution in [0, 0.1) is 0 Å². The molecule has 60 heavy (non-hydrogen) atoms. The van der Waals surface area contributed by atoms with Gasteiger partial charge in [-0.3, -0.25) is 14.4 Å². The van der Waals surface area contributed by atoms with Crippen LogP contribution in [0.4, 0.5) is 0 Å². The summed E-state index contributed by atoms with van der Waals surface area (Å²) in [5.41, 5.74) is 0. The van der Waals surface area contributed by atoms with Crippen LogP contribution >= 0.6 is 0 Å². The van der Waals surface area contributed by atoms with Crippen molar-refractivity contribution in [3.8, 4) is 0 Å². The minimum absolute atomic E-state index is 0.0900.